The van der Waals surface area contributed by atoms with Crippen molar-refractivity contribution in [2.45, 2.75) is 38.7 Å². The third-order valence-corrected chi connectivity index (χ3v) is 4.46. The SMILES string of the molecule is CCCC(=O)Nc1cccc(NC(=O)c2ccc(OCC3CCCO3)cc2)c1. The molecule has 1 fully saturated rings. The summed E-state index contributed by atoms with van der Waals surface area (Å²) in [5.41, 5.74) is 1.82. The van der Waals surface area contributed by atoms with Gasteiger partial charge in [0, 0.05) is 30.0 Å². The van der Waals surface area contributed by atoms with Crippen LogP contribution >= 0.6 is 0 Å². The summed E-state index contributed by atoms with van der Waals surface area (Å²) in [7, 11) is 0. The normalized spacial score (nSPS) is 15.8. The molecule has 0 aromatic heterocycles. The summed E-state index contributed by atoms with van der Waals surface area (Å²) in [5.74, 6) is 0.458. The Morgan fingerprint density at radius 2 is 1.86 bits per heavy atom. The Labute approximate surface area is 165 Å². The monoisotopic (exact) mass is 382 g/mol. The van der Waals surface area contributed by atoms with E-state index in [1.165, 1.54) is 0 Å². The molecule has 6 heteroatoms. The number of nitrogens with one attached hydrogen (secondary N) is 2. The predicted octanol–water partition coefficient (Wildman–Crippen LogP) is 4.24. The summed E-state index contributed by atoms with van der Waals surface area (Å²) in [5, 5.41) is 5.67. The van der Waals surface area contributed by atoms with Crippen molar-refractivity contribution in [2.75, 3.05) is 23.8 Å². The number of hydrogen-bond donors (Lipinski definition) is 2. The van der Waals surface area contributed by atoms with E-state index in [1.54, 1.807) is 48.5 Å². The highest BCUT2D eigenvalue weighted by atomic mass is 16.5. The fraction of sp³-hybridized carbons (Fsp3) is 0.364. The van der Waals surface area contributed by atoms with Crippen molar-refractivity contribution < 1.29 is 19.1 Å². The Morgan fingerprint density at radius 3 is 2.54 bits per heavy atom. The predicted molar refractivity (Wildman–Crippen MR) is 109 cm³/mol. The summed E-state index contributed by atoms with van der Waals surface area (Å²) >= 11 is 0. The molecule has 148 valence electrons. The molecule has 0 bridgehead atoms. The molecule has 6 nitrogen and oxygen atoms in total. The summed E-state index contributed by atoms with van der Waals surface area (Å²) in [6, 6.07) is 14.1. The van der Waals surface area contributed by atoms with Crippen molar-refractivity contribution in [3.63, 3.8) is 0 Å². The molecule has 2 N–H and O–H groups in total. The molecule has 1 saturated heterocycles. The van der Waals surface area contributed by atoms with Gasteiger partial charge >= 0.3 is 0 Å². The van der Waals surface area contributed by atoms with Crippen LogP contribution in [0.5, 0.6) is 5.75 Å². The lowest BCUT2D eigenvalue weighted by Crippen LogP contribution is -2.16. The third-order valence-electron chi connectivity index (χ3n) is 4.46. The fourth-order valence-electron chi connectivity index (χ4n) is 3.00. The summed E-state index contributed by atoms with van der Waals surface area (Å²) in [6.45, 7) is 3.29. The molecule has 0 aliphatic carbocycles. The first-order valence-electron chi connectivity index (χ1n) is 9.70. The fourth-order valence-corrected chi connectivity index (χ4v) is 3.00. The second kappa shape index (κ2) is 9.90. The van der Waals surface area contributed by atoms with E-state index in [9.17, 15) is 9.59 Å². The average Bonchev–Trinajstić information content (AvgIpc) is 3.21. The van der Waals surface area contributed by atoms with Crippen LogP contribution in [-0.2, 0) is 9.53 Å². The Bertz CT molecular complexity index is 798. The lowest BCUT2D eigenvalue weighted by molar-refractivity contribution is -0.116. The summed E-state index contributed by atoms with van der Waals surface area (Å²) in [6.07, 6.45) is 3.52. The van der Waals surface area contributed by atoms with Crippen LogP contribution in [0, 0.1) is 0 Å². The lowest BCUT2D eigenvalue weighted by Gasteiger charge is -2.12. The number of benzene rings is 2. The first-order chi connectivity index (χ1) is 13.6. The number of hydrogen-bond acceptors (Lipinski definition) is 4. The highest BCUT2D eigenvalue weighted by Gasteiger charge is 2.16. The molecule has 0 saturated carbocycles. The molecule has 0 radical (unpaired) electrons. The van der Waals surface area contributed by atoms with Crippen molar-refractivity contribution in [1.29, 1.82) is 0 Å². The van der Waals surface area contributed by atoms with Gasteiger partial charge in [-0.1, -0.05) is 13.0 Å². The van der Waals surface area contributed by atoms with E-state index in [4.69, 9.17) is 9.47 Å². The maximum absolute atomic E-state index is 12.5. The van der Waals surface area contributed by atoms with E-state index < -0.39 is 0 Å². The van der Waals surface area contributed by atoms with E-state index >= 15 is 0 Å². The zero-order valence-corrected chi connectivity index (χ0v) is 16.1. The molecule has 2 aromatic rings. The molecule has 3 rings (SSSR count). The van der Waals surface area contributed by atoms with Gasteiger partial charge in [0.2, 0.25) is 5.91 Å². The second-order valence-electron chi connectivity index (χ2n) is 6.80. The van der Waals surface area contributed by atoms with E-state index in [1.807, 2.05) is 6.92 Å². The van der Waals surface area contributed by atoms with Crippen molar-refractivity contribution in [1.82, 2.24) is 0 Å². The minimum absolute atomic E-state index is 0.0374. The molecule has 1 unspecified atom stereocenters. The maximum atomic E-state index is 12.5. The van der Waals surface area contributed by atoms with Gasteiger partial charge in [-0.3, -0.25) is 9.59 Å². The molecule has 1 heterocycles. The molecular formula is C22H26N2O4. The van der Waals surface area contributed by atoms with Gasteiger partial charge in [0.05, 0.1) is 6.10 Å². The minimum Gasteiger partial charge on any atom is -0.491 e. The quantitative estimate of drug-likeness (QED) is 0.716. The van der Waals surface area contributed by atoms with Crippen molar-refractivity contribution >= 4 is 23.2 Å². The molecular weight excluding hydrogens is 356 g/mol. The smallest absolute Gasteiger partial charge is 0.255 e. The standard InChI is InChI=1S/C22H26N2O4/c1-2-5-21(25)23-17-6-3-7-18(14-17)24-22(26)16-9-11-19(12-10-16)28-15-20-8-4-13-27-20/h3,6-7,9-12,14,20H,2,4-5,8,13,15H2,1H3,(H,23,25)(H,24,26). The van der Waals surface area contributed by atoms with E-state index in [-0.39, 0.29) is 17.9 Å². The van der Waals surface area contributed by atoms with Gasteiger partial charge < -0.3 is 20.1 Å². The number of anilines is 2. The zero-order chi connectivity index (χ0) is 19.8. The van der Waals surface area contributed by atoms with Gasteiger partial charge in [-0.05, 0) is 61.7 Å². The van der Waals surface area contributed by atoms with Gasteiger partial charge in [0.15, 0.2) is 0 Å². The van der Waals surface area contributed by atoms with E-state index in [2.05, 4.69) is 10.6 Å². The molecule has 1 aliphatic rings. The molecule has 0 spiro atoms. The van der Waals surface area contributed by atoms with Crippen LogP contribution in [0.4, 0.5) is 11.4 Å². The molecule has 1 aliphatic heterocycles. The van der Waals surface area contributed by atoms with Crippen LogP contribution in [-0.4, -0.2) is 31.1 Å². The number of carbonyl (C=O) groups excluding carboxylic acids is 2. The Morgan fingerprint density at radius 1 is 1.11 bits per heavy atom. The second-order valence-corrected chi connectivity index (χ2v) is 6.80. The minimum atomic E-state index is -0.220. The van der Waals surface area contributed by atoms with Crippen LogP contribution < -0.4 is 15.4 Å². The number of ether oxygens (including phenoxy) is 2. The van der Waals surface area contributed by atoms with Crippen LogP contribution in [0.1, 0.15) is 43.0 Å². The Balaban J connectivity index is 1.54. The van der Waals surface area contributed by atoms with Crippen molar-refractivity contribution in [3.05, 3.63) is 54.1 Å². The highest BCUT2D eigenvalue weighted by molar-refractivity contribution is 6.04. The maximum Gasteiger partial charge on any atom is 0.255 e. The van der Waals surface area contributed by atoms with Crippen molar-refractivity contribution in [2.24, 2.45) is 0 Å². The topological polar surface area (TPSA) is 76.7 Å². The van der Waals surface area contributed by atoms with Gasteiger partial charge in [-0.2, -0.15) is 0 Å². The number of amides is 2. The first-order valence-corrected chi connectivity index (χ1v) is 9.70. The number of rotatable bonds is 8. The van der Waals surface area contributed by atoms with Crippen LogP contribution in [0.15, 0.2) is 48.5 Å². The summed E-state index contributed by atoms with van der Waals surface area (Å²) < 4.78 is 11.3. The first kappa shape index (κ1) is 19.9. The highest BCUT2D eigenvalue weighted by Crippen LogP contribution is 2.19. The van der Waals surface area contributed by atoms with Gasteiger partial charge in [-0.25, -0.2) is 0 Å². The summed E-state index contributed by atoms with van der Waals surface area (Å²) in [4.78, 5) is 24.2. The molecule has 1 atom stereocenters. The van der Waals surface area contributed by atoms with Crippen LogP contribution in [0.3, 0.4) is 0 Å². The lowest BCUT2D eigenvalue weighted by atomic mass is 10.2. The number of carbonyl (C=O) groups is 2. The van der Waals surface area contributed by atoms with Crippen LogP contribution in [0.25, 0.3) is 0 Å². The van der Waals surface area contributed by atoms with Gasteiger partial charge in [-0.15, -0.1) is 0 Å². The molecule has 2 amide bonds. The van der Waals surface area contributed by atoms with Crippen LogP contribution in [0.2, 0.25) is 0 Å². The molecule has 2 aromatic carbocycles. The van der Waals surface area contributed by atoms with Gasteiger partial charge in [0.1, 0.15) is 12.4 Å². The van der Waals surface area contributed by atoms with E-state index in [0.29, 0.717) is 35.7 Å². The zero-order valence-electron chi connectivity index (χ0n) is 16.1. The van der Waals surface area contributed by atoms with Crippen molar-refractivity contribution in [3.8, 4) is 5.75 Å². The van der Waals surface area contributed by atoms with E-state index in [0.717, 1.165) is 25.9 Å². The van der Waals surface area contributed by atoms with Gasteiger partial charge in [0.25, 0.3) is 5.91 Å². The third kappa shape index (κ3) is 5.82. The Kier molecular flexibility index (Phi) is 7.03. The average molecular weight is 382 g/mol. The Hall–Kier alpha value is -2.86. The molecule has 28 heavy (non-hydrogen) atoms. The largest absolute Gasteiger partial charge is 0.491 e.